The van der Waals surface area contributed by atoms with Gasteiger partial charge in [0, 0.05) is 26.2 Å². The number of benzene rings is 3. The first-order valence-corrected chi connectivity index (χ1v) is 10.8. The molecule has 0 saturated carbocycles. The third-order valence-electron chi connectivity index (χ3n) is 5.50. The maximum Gasteiger partial charge on any atom is 0.315 e. The van der Waals surface area contributed by atoms with Crippen molar-refractivity contribution in [1.82, 2.24) is 15.5 Å². The van der Waals surface area contributed by atoms with Gasteiger partial charge in [0.05, 0.1) is 19.3 Å². The van der Waals surface area contributed by atoms with Crippen molar-refractivity contribution in [2.75, 3.05) is 26.3 Å². The van der Waals surface area contributed by atoms with Gasteiger partial charge in [0.15, 0.2) is 0 Å². The molecule has 5 nitrogen and oxygen atoms in total. The molecule has 0 atom stereocenters. The smallest absolute Gasteiger partial charge is 0.315 e. The molecule has 4 rings (SSSR count). The summed E-state index contributed by atoms with van der Waals surface area (Å²) in [6.45, 7) is 4.92. The molecule has 0 unspecified atom stereocenters. The summed E-state index contributed by atoms with van der Waals surface area (Å²) in [6.07, 6.45) is 0. The molecule has 2 amide bonds. The summed E-state index contributed by atoms with van der Waals surface area (Å²) in [5, 5.41) is 6.14. The van der Waals surface area contributed by atoms with Crippen LogP contribution in [0.4, 0.5) is 4.79 Å². The molecule has 3 aromatic carbocycles. The zero-order valence-corrected chi connectivity index (χ0v) is 17.7. The number of nitrogens with one attached hydrogen (secondary N) is 2. The lowest BCUT2D eigenvalue weighted by molar-refractivity contribution is 0.0342. The van der Waals surface area contributed by atoms with Crippen molar-refractivity contribution in [3.63, 3.8) is 0 Å². The zero-order chi connectivity index (χ0) is 21.3. The molecule has 5 heteroatoms. The summed E-state index contributed by atoms with van der Waals surface area (Å²) < 4.78 is 5.43. The van der Waals surface area contributed by atoms with E-state index < -0.39 is 0 Å². The average Bonchev–Trinajstić information content (AvgIpc) is 2.83. The van der Waals surface area contributed by atoms with E-state index in [1.165, 1.54) is 5.56 Å². The van der Waals surface area contributed by atoms with Gasteiger partial charge in [0.2, 0.25) is 0 Å². The molecule has 0 aliphatic carbocycles. The van der Waals surface area contributed by atoms with E-state index in [0.29, 0.717) is 6.54 Å². The SMILES string of the molecule is O=C(NCc1cccc(CN2CCOCC2)c1)NC(c1ccccc1)c1ccccc1. The minimum absolute atomic E-state index is 0.184. The lowest BCUT2D eigenvalue weighted by atomic mass is 9.99. The van der Waals surface area contributed by atoms with Gasteiger partial charge in [-0.05, 0) is 22.3 Å². The lowest BCUT2D eigenvalue weighted by Gasteiger charge is -2.26. The minimum atomic E-state index is -0.199. The van der Waals surface area contributed by atoms with Crippen LogP contribution in [-0.2, 0) is 17.8 Å². The summed E-state index contributed by atoms with van der Waals surface area (Å²) in [7, 11) is 0. The maximum absolute atomic E-state index is 12.7. The van der Waals surface area contributed by atoms with Crippen molar-refractivity contribution in [3.05, 3.63) is 107 Å². The molecule has 2 N–H and O–H groups in total. The van der Waals surface area contributed by atoms with Gasteiger partial charge in [-0.2, -0.15) is 0 Å². The highest BCUT2D eigenvalue weighted by molar-refractivity contribution is 5.75. The van der Waals surface area contributed by atoms with E-state index in [-0.39, 0.29) is 12.1 Å². The highest BCUT2D eigenvalue weighted by Gasteiger charge is 2.16. The molecule has 0 bridgehead atoms. The molecule has 3 aromatic rings. The lowest BCUT2D eigenvalue weighted by Crippen LogP contribution is -2.38. The van der Waals surface area contributed by atoms with E-state index in [1.807, 2.05) is 60.7 Å². The minimum Gasteiger partial charge on any atom is -0.379 e. The first kappa shape index (κ1) is 21.1. The molecular weight excluding hydrogens is 386 g/mol. The number of ether oxygens (including phenoxy) is 1. The van der Waals surface area contributed by atoms with Gasteiger partial charge in [-0.25, -0.2) is 4.79 Å². The number of carbonyl (C=O) groups excluding carboxylic acids is 1. The van der Waals surface area contributed by atoms with Crippen molar-refractivity contribution in [1.29, 1.82) is 0 Å². The molecule has 1 aliphatic rings. The Bertz CT molecular complexity index is 917. The Balaban J connectivity index is 1.37. The number of nitrogens with zero attached hydrogens (tertiary/aromatic N) is 1. The second-order valence-electron chi connectivity index (χ2n) is 7.79. The molecule has 1 saturated heterocycles. The Labute approximate surface area is 184 Å². The number of urea groups is 1. The highest BCUT2D eigenvalue weighted by atomic mass is 16.5. The Kier molecular flexibility index (Phi) is 7.32. The quantitative estimate of drug-likeness (QED) is 0.611. The molecule has 160 valence electrons. The predicted octanol–water partition coefficient (Wildman–Crippen LogP) is 4.11. The molecule has 0 aromatic heterocycles. The number of carbonyl (C=O) groups is 1. The van der Waals surface area contributed by atoms with Crippen molar-refractivity contribution in [3.8, 4) is 0 Å². The van der Waals surface area contributed by atoms with E-state index >= 15 is 0 Å². The number of amides is 2. The Morgan fingerprint density at radius 1 is 0.839 bits per heavy atom. The third kappa shape index (κ3) is 6.17. The fourth-order valence-electron chi connectivity index (χ4n) is 3.87. The summed E-state index contributed by atoms with van der Waals surface area (Å²) in [4.78, 5) is 15.1. The Morgan fingerprint density at radius 2 is 1.45 bits per heavy atom. The van der Waals surface area contributed by atoms with Gasteiger partial charge in [0.25, 0.3) is 0 Å². The van der Waals surface area contributed by atoms with Gasteiger partial charge < -0.3 is 15.4 Å². The second kappa shape index (κ2) is 10.8. The second-order valence-corrected chi connectivity index (χ2v) is 7.79. The molecule has 31 heavy (non-hydrogen) atoms. The van der Waals surface area contributed by atoms with Crippen LogP contribution in [-0.4, -0.2) is 37.2 Å². The standard InChI is InChI=1S/C26H29N3O2/c30-26(28-25(23-10-3-1-4-11-23)24-12-5-2-6-13-24)27-19-21-8-7-9-22(18-21)20-29-14-16-31-17-15-29/h1-13,18,25H,14-17,19-20H2,(H2,27,28,30). The summed E-state index contributed by atoms with van der Waals surface area (Å²) in [6, 6.07) is 28.1. The van der Waals surface area contributed by atoms with Crippen LogP contribution in [0.25, 0.3) is 0 Å². The third-order valence-corrected chi connectivity index (χ3v) is 5.50. The maximum atomic E-state index is 12.7. The van der Waals surface area contributed by atoms with E-state index in [9.17, 15) is 4.79 Å². The zero-order valence-electron chi connectivity index (χ0n) is 17.7. The van der Waals surface area contributed by atoms with Crippen LogP contribution in [0, 0.1) is 0 Å². The number of rotatable bonds is 7. The van der Waals surface area contributed by atoms with Crippen molar-refractivity contribution in [2.45, 2.75) is 19.1 Å². The van der Waals surface area contributed by atoms with E-state index in [2.05, 4.69) is 39.8 Å². The fourth-order valence-corrected chi connectivity index (χ4v) is 3.87. The van der Waals surface area contributed by atoms with Gasteiger partial charge in [-0.3, -0.25) is 4.90 Å². The fraction of sp³-hybridized carbons (Fsp3) is 0.269. The predicted molar refractivity (Wildman–Crippen MR) is 123 cm³/mol. The van der Waals surface area contributed by atoms with Gasteiger partial charge in [-0.1, -0.05) is 84.9 Å². The average molecular weight is 416 g/mol. The van der Waals surface area contributed by atoms with Crippen LogP contribution in [0.15, 0.2) is 84.9 Å². The molecule has 0 spiro atoms. The largest absolute Gasteiger partial charge is 0.379 e. The highest BCUT2D eigenvalue weighted by Crippen LogP contribution is 2.21. The Hall–Kier alpha value is -3.15. The molecular formula is C26H29N3O2. The van der Waals surface area contributed by atoms with Crippen LogP contribution in [0.1, 0.15) is 28.3 Å². The summed E-state index contributed by atoms with van der Waals surface area (Å²) in [5.74, 6) is 0. The van der Waals surface area contributed by atoms with E-state index in [1.54, 1.807) is 0 Å². The monoisotopic (exact) mass is 415 g/mol. The first-order valence-electron chi connectivity index (χ1n) is 10.8. The van der Waals surface area contributed by atoms with Crippen LogP contribution in [0.3, 0.4) is 0 Å². The topological polar surface area (TPSA) is 53.6 Å². The molecule has 1 heterocycles. The van der Waals surface area contributed by atoms with Gasteiger partial charge in [0.1, 0.15) is 0 Å². The van der Waals surface area contributed by atoms with Gasteiger partial charge in [-0.15, -0.1) is 0 Å². The number of hydrogen-bond acceptors (Lipinski definition) is 3. The van der Waals surface area contributed by atoms with Crippen LogP contribution in [0.2, 0.25) is 0 Å². The van der Waals surface area contributed by atoms with Crippen LogP contribution < -0.4 is 10.6 Å². The molecule has 1 aliphatic heterocycles. The number of morpholine rings is 1. The first-order chi connectivity index (χ1) is 15.3. The van der Waals surface area contributed by atoms with Crippen molar-refractivity contribution < 1.29 is 9.53 Å². The number of hydrogen-bond donors (Lipinski definition) is 2. The summed E-state index contributed by atoms with van der Waals surface area (Å²) >= 11 is 0. The van der Waals surface area contributed by atoms with E-state index in [0.717, 1.165) is 49.5 Å². The molecule has 1 fully saturated rings. The van der Waals surface area contributed by atoms with E-state index in [4.69, 9.17) is 4.74 Å². The van der Waals surface area contributed by atoms with Crippen LogP contribution >= 0.6 is 0 Å². The van der Waals surface area contributed by atoms with Crippen molar-refractivity contribution >= 4 is 6.03 Å². The van der Waals surface area contributed by atoms with Crippen LogP contribution in [0.5, 0.6) is 0 Å². The Morgan fingerprint density at radius 3 is 2.10 bits per heavy atom. The van der Waals surface area contributed by atoms with Crippen molar-refractivity contribution in [2.24, 2.45) is 0 Å². The summed E-state index contributed by atoms with van der Waals surface area (Å²) in [5.41, 5.74) is 4.46. The molecule has 0 radical (unpaired) electrons. The normalized spacial score (nSPS) is 14.4. The van der Waals surface area contributed by atoms with Gasteiger partial charge >= 0.3 is 6.03 Å².